The minimum Gasteiger partial charge on any atom is -0.454 e. The first-order valence-electron chi connectivity index (χ1n) is 13.2. The Bertz CT molecular complexity index is 2160. The van der Waals surface area contributed by atoms with E-state index < -0.39 is 0 Å². The van der Waals surface area contributed by atoms with Crippen molar-refractivity contribution in [1.82, 2.24) is 0 Å². The zero-order valence-corrected chi connectivity index (χ0v) is 22.2. The predicted molar refractivity (Wildman–Crippen MR) is 165 cm³/mol. The fourth-order valence-electron chi connectivity index (χ4n) is 5.88. The van der Waals surface area contributed by atoms with Crippen molar-refractivity contribution in [3.63, 3.8) is 0 Å². The van der Waals surface area contributed by atoms with Crippen LogP contribution < -0.4 is 4.74 Å². The van der Waals surface area contributed by atoms with E-state index in [9.17, 15) is 5.26 Å². The summed E-state index contributed by atoms with van der Waals surface area (Å²) in [4.78, 5) is 2.18. The summed E-state index contributed by atoms with van der Waals surface area (Å²) in [7, 11) is 0. The maximum atomic E-state index is 10.00. The molecule has 8 rings (SSSR count). The molecule has 7 aromatic rings. The minimum absolute atomic E-state index is 0.623. The van der Waals surface area contributed by atoms with Gasteiger partial charge in [-0.05, 0) is 91.5 Å². The summed E-state index contributed by atoms with van der Waals surface area (Å²) in [6.45, 7) is 0. The number of hydrogen-bond acceptors (Lipinski definition) is 3. The van der Waals surface area contributed by atoms with Gasteiger partial charge >= 0.3 is 0 Å². The Morgan fingerprint density at radius 2 is 1.12 bits per heavy atom. The average molecular weight is 528 g/mol. The zero-order chi connectivity index (χ0) is 26.6. The highest BCUT2D eigenvalue weighted by Crippen LogP contribution is 2.51. The monoisotopic (exact) mass is 527 g/mol. The second kappa shape index (κ2) is 9.02. The molecule has 1 aliphatic heterocycles. The van der Waals surface area contributed by atoms with E-state index in [-0.39, 0.29) is 0 Å². The lowest BCUT2D eigenvalue weighted by molar-refractivity contribution is 0.456. The number of nitriles is 1. The first-order valence-corrected chi connectivity index (χ1v) is 14.1. The van der Waals surface area contributed by atoms with Crippen molar-refractivity contribution >= 4 is 44.1 Å². The summed E-state index contributed by atoms with van der Waals surface area (Å²) in [5, 5.41) is 17.4. The fourth-order valence-corrected chi connectivity index (χ4v) is 6.86. The second-order valence-electron chi connectivity index (χ2n) is 10.0. The third kappa shape index (κ3) is 3.58. The van der Waals surface area contributed by atoms with Gasteiger partial charge in [-0.1, -0.05) is 96.7 Å². The highest BCUT2D eigenvalue weighted by molar-refractivity contribution is 7.99. The molecule has 0 fully saturated rings. The molecule has 0 N–H and O–H groups in total. The predicted octanol–water partition coefficient (Wildman–Crippen LogP) is 10.6. The fraction of sp³-hybridized carbons (Fsp3) is 0. The third-order valence-electron chi connectivity index (χ3n) is 7.71. The first-order chi connectivity index (χ1) is 19.8. The zero-order valence-electron chi connectivity index (χ0n) is 21.4. The normalized spacial score (nSPS) is 12.1. The summed E-state index contributed by atoms with van der Waals surface area (Å²) < 4.78 is 6.43. The van der Waals surface area contributed by atoms with Crippen LogP contribution in [0.25, 0.3) is 54.6 Å². The third-order valence-corrected chi connectivity index (χ3v) is 8.81. The Labute approximate surface area is 236 Å². The van der Waals surface area contributed by atoms with Crippen LogP contribution in [0.5, 0.6) is 11.5 Å². The highest BCUT2D eigenvalue weighted by atomic mass is 32.2. The molecule has 0 aliphatic carbocycles. The summed E-state index contributed by atoms with van der Waals surface area (Å²) in [6, 6.07) is 46.7. The summed E-state index contributed by atoms with van der Waals surface area (Å²) >= 11 is 1.72. The molecule has 0 bridgehead atoms. The molecule has 0 radical (unpaired) electrons. The number of ether oxygens (including phenoxy) is 1. The molecule has 2 nitrogen and oxygen atoms in total. The van der Waals surface area contributed by atoms with Crippen LogP contribution in [0, 0.1) is 11.3 Å². The number of nitrogens with zero attached hydrogens (tertiary/aromatic N) is 1. The number of fused-ring (bicyclic) bond motifs is 8. The number of hydrogen-bond donors (Lipinski definition) is 0. The van der Waals surface area contributed by atoms with Crippen molar-refractivity contribution in [3.05, 3.63) is 133 Å². The van der Waals surface area contributed by atoms with Crippen molar-refractivity contribution < 1.29 is 4.74 Å². The van der Waals surface area contributed by atoms with Crippen molar-refractivity contribution in [1.29, 1.82) is 5.26 Å². The lowest BCUT2D eigenvalue weighted by atomic mass is 9.91. The van der Waals surface area contributed by atoms with Gasteiger partial charge in [-0.25, -0.2) is 0 Å². The van der Waals surface area contributed by atoms with Gasteiger partial charge in [0.15, 0.2) is 0 Å². The summed E-state index contributed by atoms with van der Waals surface area (Å²) in [6.07, 6.45) is 0. The van der Waals surface area contributed by atoms with E-state index in [4.69, 9.17) is 4.74 Å². The molecule has 0 spiro atoms. The van der Waals surface area contributed by atoms with E-state index in [1.165, 1.54) is 32.3 Å². The van der Waals surface area contributed by atoms with Crippen LogP contribution in [0.1, 0.15) is 5.56 Å². The van der Waals surface area contributed by atoms with Crippen molar-refractivity contribution in [3.8, 4) is 39.8 Å². The molecule has 3 heteroatoms. The van der Waals surface area contributed by atoms with E-state index in [0.717, 1.165) is 43.5 Å². The Balaban J connectivity index is 1.32. The van der Waals surface area contributed by atoms with Crippen LogP contribution in [-0.2, 0) is 0 Å². The Morgan fingerprint density at radius 1 is 0.500 bits per heavy atom. The molecule has 1 heterocycles. The maximum Gasteiger partial charge on any atom is 0.149 e. The minimum atomic E-state index is 0.623. The van der Waals surface area contributed by atoms with E-state index in [0.29, 0.717) is 5.56 Å². The Hall–Kier alpha value is -5.04. The lowest BCUT2D eigenvalue weighted by Gasteiger charge is -2.22. The Morgan fingerprint density at radius 3 is 1.88 bits per heavy atom. The van der Waals surface area contributed by atoms with E-state index in [1.54, 1.807) is 11.8 Å². The quantitative estimate of drug-likeness (QED) is 0.210. The van der Waals surface area contributed by atoms with Crippen LogP contribution in [0.4, 0.5) is 0 Å². The van der Waals surface area contributed by atoms with Crippen molar-refractivity contribution in [2.45, 2.75) is 9.79 Å². The first kappa shape index (κ1) is 22.9. The number of rotatable bonds is 2. The maximum absolute atomic E-state index is 10.00. The van der Waals surface area contributed by atoms with Crippen LogP contribution in [0.2, 0.25) is 0 Å². The average Bonchev–Trinajstić information content (AvgIpc) is 3.03. The summed E-state index contributed by atoms with van der Waals surface area (Å²) in [5.74, 6) is 1.70. The molecular formula is C37H21NOS. The van der Waals surface area contributed by atoms with Gasteiger partial charge in [0, 0.05) is 5.56 Å². The van der Waals surface area contributed by atoms with Gasteiger partial charge in [0.05, 0.1) is 21.4 Å². The van der Waals surface area contributed by atoms with Gasteiger partial charge in [0.1, 0.15) is 11.5 Å². The molecule has 186 valence electrons. The summed E-state index contributed by atoms with van der Waals surface area (Å²) in [5.41, 5.74) is 4.66. The van der Waals surface area contributed by atoms with Gasteiger partial charge in [-0.15, -0.1) is 0 Å². The number of para-hydroxylation sites is 2. The molecule has 0 unspecified atom stereocenters. The van der Waals surface area contributed by atoms with Gasteiger partial charge in [-0.3, -0.25) is 0 Å². The number of benzene rings is 7. The second-order valence-corrected chi connectivity index (χ2v) is 11.1. The van der Waals surface area contributed by atoms with Crippen LogP contribution in [0.15, 0.2) is 137 Å². The molecular weight excluding hydrogens is 506 g/mol. The van der Waals surface area contributed by atoms with Crippen molar-refractivity contribution in [2.75, 3.05) is 0 Å². The Kier molecular flexibility index (Phi) is 5.16. The van der Waals surface area contributed by atoms with E-state index in [1.807, 2.05) is 30.3 Å². The lowest BCUT2D eigenvalue weighted by Crippen LogP contribution is -1.97. The van der Waals surface area contributed by atoms with Gasteiger partial charge < -0.3 is 4.74 Å². The standard InChI is InChI=1S/C37H21NOS/c38-22-23-18-25(20-26(19-23)27-12-7-15-36-37(27)39-34-13-5-6-14-35(34)40-36)24-16-17-32-30-10-2-1-8-28(30)29-9-3-4-11-31(29)33(32)21-24/h1-21H. The molecule has 7 aromatic carbocycles. The SMILES string of the molecule is N#Cc1cc(-c2ccc3c4ccccc4c4ccccc4c3c2)cc(-c2cccc3c2Oc2ccccc2S3)c1. The van der Waals surface area contributed by atoms with Gasteiger partial charge in [0.2, 0.25) is 0 Å². The highest BCUT2D eigenvalue weighted by Gasteiger charge is 2.21. The molecule has 0 atom stereocenters. The molecule has 0 saturated heterocycles. The van der Waals surface area contributed by atoms with Crippen LogP contribution in [-0.4, -0.2) is 0 Å². The molecule has 0 saturated carbocycles. The van der Waals surface area contributed by atoms with Gasteiger partial charge in [-0.2, -0.15) is 5.26 Å². The smallest absolute Gasteiger partial charge is 0.149 e. The molecule has 1 aliphatic rings. The largest absolute Gasteiger partial charge is 0.454 e. The van der Waals surface area contributed by atoms with Crippen molar-refractivity contribution in [2.24, 2.45) is 0 Å². The molecule has 0 amide bonds. The van der Waals surface area contributed by atoms with Crippen LogP contribution >= 0.6 is 11.8 Å². The van der Waals surface area contributed by atoms with E-state index >= 15 is 0 Å². The van der Waals surface area contributed by atoms with Crippen LogP contribution in [0.3, 0.4) is 0 Å². The van der Waals surface area contributed by atoms with E-state index in [2.05, 4.69) is 103 Å². The molecule has 40 heavy (non-hydrogen) atoms. The molecule has 0 aromatic heterocycles. The van der Waals surface area contributed by atoms with Gasteiger partial charge in [0.25, 0.3) is 0 Å². The topological polar surface area (TPSA) is 33.0 Å².